The van der Waals surface area contributed by atoms with Crippen LogP contribution in [-0.4, -0.2) is 33.5 Å². The maximum atomic E-state index is 12.7. The van der Waals surface area contributed by atoms with E-state index in [0.717, 1.165) is 5.57 Å². The molecule has 2 N–H and O–H groups in total. The minimum absolute atomic E-state index is 0.213. The molecule has 0 aliphatic carbocycles. The van der Waals surface area contributed by atoms with Gasteiger partial charge in [0.2, 0.25) is 0 Å². The molecule has 0 radical (unpaired) electrons. The lowest BCUT2D eigenvalue weighted by Crippen LogP contribution is -2.41. The molecule has 0 aromatic heterocycles. The van der Waals surface area contributed by atoms with Gasteiger partial charge in [-0.25, -0.2) is 0 Å². The average molecular weight is 326 g/mol. The van der Waals surface area contributed by atoms with Gasteiger partial charge in [0.15, 0.2) is 0 Å². The van der Waals surface area contributed by atoms with Gasteiger partial charge < -0.3 is 4.55 Å². The number of hydrogen-bond acceptors (Lipinski definition) is 3. The van der Waals surface area contributed by atoms with Gasteiger partial charge >= 0.3 is 6.18 Å². The number of alkyl halides is 3. The number of aliphatic imine (C=N–C) groups is 1. The zero-order chi connectivity index (χ0) is 16.6. The minimum Gasteiger partial charge on any atom is -0.338 e. The van der Waals surface area contributed by atoms with Crippen LogP contribution in [0.4, 0.5) is 13.2 Å². The van der Waals surface area contributed by atoms with E-state index in [-0.39, 0.29) is 10.8 Å². The van der Waals surface area contributed by atoms with E-state index < -0.39 is 28.3 Å². The van der Waals surface area contributed by atoms with E-state index in [1.54, 1.807) is 6.26 Å². The van der Waals surface area contributed by atoms with Crippen LogP contribution in [0.3, 0.4) is 0 Å². The summed E-state index contributed by atoms with van der Waals surface area (Å²) in [6.07, 6.45) is -1.04. The van der Waals surface area contributed by atoms with Crippen molar-refractivity contribution in [1.29, 1.82) is 0 Å². The van der Waals surface area contributed by atoms with E-state index in [4.69, 9.17) is 0 Å². The van der Waals surface area contributed by atoms with Crippen molar-refractivity contribution in [3.8, 4) is 0 Å². The van der Waals surface area contributed by atoms with E-state index in [1.807, 2.05) is 27.7 Å². The van der Waals surface area contributed by atoms with Crippen molar-refractivity contribution in [2.75, 3.05) is 6.26 Å². The van der Waals surface area contributed by atoms with E-state index >= 15 is 0 Å². The molecule has 0 saturated heterocycles. The molecule has 3 atom stereocenters. The van der Waals surface area contributed by atoms with Crippen LogP contribution in [-0.2, 0) is 0 Å². The topological polar surface area (TPSA) is 44.6 Å². The van der Waals surface area contributed by atoms with E-state index in [2.05, 4.69) is 9.71 Å². The third kappa shape index (κ3) is 4.47. The Kier molecular flexibility index (Phi) is 5.23. The molecule has 21 heavy (non-hydrogen) atoms. The SMILES string of the molecule is CC1CC([C@H](C)NS(C)(O)C(C)(C)C)=CN=C1C(F)(F)F. The molecule has 0 bridgehead atoms. The Morgan fingerprint density at radius 2 is 1.90 bits per heavy atom. The largest absolute Gasteiger partial charge is 0.429 e. The number of hydrogen-bond donors (Lipinski definition) is 2. The molecule has 1 aliphatic heterocycles. The molecule has 0 spiro atoms. The standard InChI is InChI=1S/C14H25F3N2OS/c1-9-7-11(8-18-12(9)14(15,16)17)10(2)19-21(6,20)13(3,4)5/h8-10,19-20H,7H2,1-6H3/t9?,10-/m0/s1. The van der Waals surface area contributed by atoms with Crippen molar-refractivity contribution in [3.05, 3.63) is 11.8 Å². The van der Waals surface area contributed by atoms with Crippen LogP contribution in [0, 0.1) is 5.92 Å². The van der Waals surface area contributed by atoms with Gasteiger partial charge in [-0.05, 0) is 39.7 Å². The van der Waals surface area contributed by atoms with Crippen molar-refractivity contribution in [1.82, 2.24) is 4.72 Å². The second-order valence-corrected chi connectivity index (χ2v) is 9.86. The summed E-state index contributed by atoms with van der Waals surface area (Å²) >= 11 is 0. The second-order valence-electron chi connectivity index (χ2n) is 6.65. The highest BCUT2D eigenvalue weighted by Gasteiger charge is 2.41. The molecule has 2 unspecified atom stereocenters. The number of halogens is 3. The number of nitrogens with zero attached hydrogens (tertiary/aromatic N) is 1. The molecule has 124 valence electrons. The van der Waals surface area contributed by atoms with Crippen molar-refractivity contribution in [3.63, 3.8) is 0 Å². The number of rotatable bonds is 3. The molecule has 0 aromatic rings. The lowest BCUT2D eigenvalue weighted by Gasteiger charge is -2.45. The van der Waals surface area contributed by atoms with Gasteiger partial charge in [0.1, 0.15) is 5.71 Å². The fourth-order valence-electron chi connectivity index (χ4n) is 2.02. The summed E-state index contributed by atoms with van der Waals surface area (Å²) in [5.74, 6) is -0.663. The molecule has 7 heteroatoms. The lowest BCUT2D eigenvalue weighted by atomic mass is 9.91. The fourth-order valence-corrected chi connectivity index (χ4v) is 3.21. The maximum Gasteiger partial charge on any atom is 0.429 e. The first-order valence-electron chi connectivity index (χ1n) is 6.87. The van der Waals surface area contributed by atoms with Gasteiger partial charge in [-0.1, -0.05) is 17.4 Å². The molecular weight excluding hydrogens is 301 g/mol. The Hall–Kier alpha value is -0.530. The van der Waals surface area contributed by atoms with E-state index in [9.17, 15) is 17.7 Å². The summed E-state index contributed by atoms with van der Waals surface area (Å²) in [7, 11) is -2.07. The van der Waals surface area contributed by atoms with E-state index in [0.29, 0.717) is 6.42 Å². The van der Waals surface area contributed by atoms with Crippen LogP contribution >= 0.6 is 10.5 Å². The van der Waals surface area contributed by atoms with Gasteiger partial charge in [-0.2, -0.15) is 13.2 Å². The molecule has 0 saturated carbocycles. The van der Waals surface area contributed by atoms with Gasteiger partial charge in [0.05, 0.1) is 0 Å². The molecule has 0 amide bonds. The quantitative estimate of drug-likeness (QED) is 0.801. The normalized spacial score (nSPS) is 26.5. The molecule has 1 heterocycles. The van der Waals surface area contributed by atoms with Crippen LogP contribution in [0.1, 0.15) is 41.0 Å². The van der Waals surface area contributed by atoms with Gasteiger partial charge in [-0.3, -0.25) is 9.71 Å². The number of nitrogens with one attached hydrogen (secondary N) is 1. The summed E-state index contributed by atoms with van der Waals surface area (Å²) in [5, 5.41) is 0. The first-order chi connectivity index (χ1) is 9.25. The third-order valence-corrected chi connectivity index (χ3v) is 7.02. The van der Waals surface area contributed by atoms with Crippen molar-refractivity contribution < 1.29 is 17.7 Å². The first kappa shape index (κ1) is 18.5. The van der Waals surface area contributed by atoms with Crippen molar-refractivity contribution in [2.24, 2.45) is 10.9 Å². The van der Waals surface area contributed by atoms with Crippen LogP contribution in [0.15, 0.2) is 16.8 Å². The highest BCUT2D eigenvalue weighted by atomic mass is 32.3. The predicted octanol–water partition coefficient (Wildman–Crippen LogP) is 4.51. The molecule has 0 fully saturated rings. The molecule has 0 aromatic carbocycles. The molecule has 1 rings (SSSR count). The van der Waals surface area contributed by atoms with Gasteiger partial charge in [-0.15, -0.1) is 0 Å². The smallest absolute Gasteiger partial charge is 0.338 e. The minimum atomic E-state index is -4.37. The van der Waals surface area contributed by atoms with Gasteiger partial charge in [0.25, 0.3) is 0 Å². The van der Waals surface area contributed by atoms with Crippen LogP contribution in [0.25, 0.3) is 0 Å². The summed E-state index contributed by atoms with van der Waals surface area (Å²) in [6, 6.07) is -0.213. The van der Waals surface area contributed by atoms with Gasteiger partial charge in [0, 0.05) is 29.2 Å². The summed E-state index contributed by atoms with van der Waals surface area (Å²) in [4.78, 5) is 3.59. The summed E-state index contributed by atoms with van der Waals surface area (Å²) in [5.41, 5.74) is 0.0564. The Morgan fingerprint density at radius 3 is 2.29 bits per heavy atom. The van der Waals surface area contributed by atoms with Crippen molar-refractivity contribution in [2.45, 2.75) is 58.0 Å². The maximum absolute atomic E-state index is 12.7. The van der Waals surface area contributed by atoms with Crippen LogP contribution in [0.5, 0.6) is 0 Å². The Morgan fingerprint density at radius 1 is 1.38 bits per heavy atom. The fraction of sp³-hybridized carbons (Fsp3) is 0.786. The zero-order valence-corrected chi connectivity index (χ0v) is 14.2. The predicted molar refractivity (Wildman–Crippen MR) is 83.8 cm³/mol. The second kappa shape index (κ2) is 5.93. The first-order valence-corrected chi connectivity index (χ1v) is 8.87. The average Bonchev–Trinajstić information content (AvgIpc) is 2.24. The lowest BCUT2D eigenvalue weighted by molar-refractivity contribution is -0.0627. The summed E-state index contributed by atoms with van der Waals surface area (Å²) < 4.78 is 51.6. The Balaban J connectivity index is 2.89. The monoisotopic (exact) mass is 326 g/mol. The molecular formula is C14H25F3N2OS. The van der Waals surface area contributed by atoms with E-state index in [1.165, 1.54) is 13.1 Å². The third-order valence-electron chi connectivity index (χ3n) is 3.82. The highest BCUT2D eigenvalue weighted by molar-refractivity contribution is 8.28. The molecule has 3 nitrogen and oxygen atoms in total. The van der Waals surface area contributed by atoms with Crippen LogP contribution < -0.4 is 4.72 Å². The highest BCUT2D eigenvalue weighted by Crippen LogP contribution is 2.49. The Bertz CT molecular complexity index is 450. The summed E-state index contributed by atoms with van der Waals surface area (Å²) in [6.45, 7) is 9.17. The Labute approximate surface area is 126 Å². The molecule has 1 aliphatic rings. The zero-order valence-electron chi connectivity index (χ0n) is 13.4. The van der Waals surface area contributed by atoms with Crippen molar-refractivity contribution >= 4 is 16.2 Å². The van der Waals surface area contributed by atoms with Crippen LogP contribution in [0.2, 0.25) is 0 Å².